The highest BCUT2D eigenvalue weighted by atomic mass is 35.5. The van der Waals surface area contributed by atoms with E-state index in [1.165, 1.54) is 19.2 Å². The minimum absolute atomic E-state index is 0.0314. The first-order chi connectivity index (χ1) is 12.5. The van der Waals surface area contributed by atoms with Crippen LogP contribution in [0.2, 0.25) is 5.02 Å². The van der Waals surface area contributed by atoms with Crippen LogP contribution in [0.15, 0.2) is 18.2 Å². The first kappa shape index (κ1) is 22.1. The Bertz CT molecular complexity index is 767. The van der Waals surface area contributed by atoms with Crippen molar-refractivity contribution in [3.8, 4) is 0 Å². The lowest BCUT2D eigenvalue weighted by molar-refractivity contribution is -0.136. The van der Waals surface area contributed by atoms with Gasteiger partial charge in [0.1, 0.15) is 5.82 Å². The van der Waals surface area contributed by atoms with Crippen LogP contribution < -0.4 is 0 Å². The second-order valence-electron chi connectivity index (χ2n) is 7.58. The molecule has 1 aromatic rings. The van der Waals surface area contributed by atoms with E-state index in [-0.39, 0.29) is 41.5 Å². The van der Waals surface area contributed by atoms with Gasteiger partial charge >= 0.3 is 0 Å². The van der Waals surface area contributed by atoms with Crippen molar-refractivity contribution in [2.24, 2.45) is 11.8 Å². The van der Waals surface area contributed by atoms with Crippen molar-refractivity contribution in [2.75, 3.05) is 19.8 Å². The maximum atomic E-state index is 14.3. The van der Waals surface area contributed by atoms with Gasteiger partial charge in [0.2, 0.25) is 15.9 Å². The summed E-state index contributed by atoms with van der Waals surface area (Å²) in [5, 5.41) is 0.265. The van der Waals surface area contributed by atoms with E-state index in [0.717, 1.165) is 29.8 Å². The van der Waals surface area contributed by atoms with Crippen LogP contribution in [0.3, 0.4) is 0 Å². The summed E-state index contributed by atoms with van der Waals surface area (Å²) in [6.45, 7) is 4.00. The zero-order valence-corrected chi connectivity index (χ0v) is 17.9. The van der Waals surface area contributed by atoms with Gasteiger partial charge in [-0.3, -0.25) is 4.79 Å². The molecule has 3 atom stereocenters. The molecule has 8 heteroatoms. The van der Waals surface area contributed by atoms with Gasteiger partial charge in [-0.05, 0) is 30.4 Å². The Morgan fingerprint density at radius 2 is 1.96 bits per heavy atom. The summed E-state index contributed by atoms with van der Waals surface area (Å²) in [5.41, 5.74) is 0.264. The standard InChI is InChI=1S/C19H28ClFN2O3S/c1-13-7-5-10-18(14(13)2)23(19(24)12-22(3)27(4,25)26)11-15-16(20)8-6-9-17(15)21/h6,8-9,13-14,18H,5,7,10-12H2,1-4H3. The Kier molecular flexibility index (Phi) is 7.27. The van der Waals surface area contributed by atoms with Crippen molar-refractivity contribution in [3.63, 3.8) is 0 Å². The van der Waals surface area contributed by atoms with Crippen LogP contribution in [0.4, 0.5) is 4.39 Å². The van der Waals surface area contributed by atoms with Gasteiger partial charge in [-0.1, -0.05) is 44.4 Å². The summed E-state index contributed by atoms with van der Waals surface area (Å²) >= 11 is 6.18. The van der Waals surface area contributed by atoms with E-state index in [1.807, 2.05) is 0 Å². The lowest BCUT2D eigenvalue weighted by Gasteiger charge is -2.42. The maximum Gasteiger partial charge on any atom is 0.238 e. The summed E-state index contributed by atoms with van der Waals surface area (Å²) in [6, 6.07) is 4.36. The zero-order valence-electron chi connectivity index (χ0n) is 16.3. The first-order valence-electron chi connectivity index (χ1n) is 9.16. The Morgan fingerprint density at radius 1 is 1.30 bits per heavy atom. The van der Waals surface area contributed by atoms with Crippen LogP contribution >= 0.6 is 11.6 Å². The number of carbonyl (C=O) groups is 1. The smallest absolute Gasteiger partial charge is 0.238 e. The molecule has 1 amide bonds. The van der Waals surface area contributed by atoms with Crippen LogP contribution in [0, 0.1) is 17.7 Å². The van der Waals surface area contributed by atoms with E-state index in [0.29, 0.717) is 5.92 Å². The number of hydrogen-bond donors (Lipinski definition) is 0. The molecule has 0 radical (unpaired) electrons. The van der Waals surface area contributed by atoms with Crippen molar-refractivity contribution in [1.82, 2.24) is 9.21 Å². The molecule has 5 nitrogen and oxygen atoms in total. The fourth-order valence-electron chi connectivity index (χ4n) is 3.64. The van der Waals surface area contributed by atoms with E-state index < -0.39 is 15.8 Å². The van der Waals surface area contributed by atoms with Crippen molar-refractivity contribution in [2.45, 2.75) is 45.7 Å². The molecule has 0 heterocycles. The number of likely N-dealkylation sites (N-methyl/N-ethyl adjacent to an activating group) is 1. The Labute approximate surface area is 166 Å². The first-order valence-corrected chi connectivity index (χ1v) is 11.4. The normalized spacial score (nSPS) is 23.4. The largest absolute Gasteiger partial charge is 0.334 e. The van der Waals surface area contributed by atoms with Crippen LogP contribution in [-0.2, 0) is 21.4 Å². The highest BCUT2D eigenvalue weighted by Gasteiger charge is 2.35. The molecule has 0 saturated heterocycles. The topological polar surface area (TPSA) is 57.7 Å². The molecule has 1 saturated carbocycles. The number of hydrogen-bond acceptors (Lipinski definition) is 3. The number of halogens is 2. The minimum Gasteiger partial charge on any atom is -0.334 e. The molecule has 2 rings (SSSR count). The summed E-state index contributed by atoms with van der Waals surface area (Å²) in [6.07, 6.45) is 3.94. The summed E-state index contributed by atoms with van der Waals surface area (Å²) in [5.74, 6) is -0.138. The number of benzene rings is 1. The molecule has 1 aliphatic rings. The molecule has 152 valence electrons. The van der Waals surface area contributed by atoms with Crippen molar-refractivity contribution in [3.05, 3.63) is 34.6 Å². The van der Waals surface area contributed by atoms with Crippen molar-refractivity contribution >= 4 is 27.5 Å². The van der Waals surface area contributed by atoms with Crippen LogP contribution in [0.5, 0.6) is 0 Å². The van der Waals surface area contributed by atoms with Gasteiger partial charge in [-0.15, -0.1) is 0 Å². The van der Waals surface area contributed by atoms with Gasteiger partial charge in [0.25, 0.3) is 0 Å². The Balaban J connectivity index is 2.34. The SMILES string of the molecule is CC1CCCC(N(Cc2c(F)cccc2Cl)C(=O)CN(C)S(C)(=O)=O)C1C. The molecule has 3 unspecified atom stereocenters. The third kappa shape index (κ3) is 5.42. The highest BCUT2D eigenvalue weighted by molar-refractivity contribution is 7.88. The van der Waals surface area contributed by atoms with Gasteiger partial charge in [0, 0.05) is 23.7 Å². The highest BCUT2D eigenvalue weighted by Crippen LogP contribution is 2.34. The van der Waals surface area contributed by atoms with Gasteiger partial charge < -0.3 is 4.90 Å². The summed E-state index contributed by atoms with van der Waals surface area (Å²) in [7, 11) is -2.12. The minimum atomic E-state index is -3.49. The Hall–Kier alpha value is -1.18. The van der Waals surface area contributed by atoms with Crippen LogP contribution in [0.25, 0.3) is 0 Å². The van der Waals surface area contributed by atoms with Gasteiger partial charge in [-0.2, -0.15) is 4.31 Å². The number of sulfonamides is 1. The quantitative estimate of drug-likeness (QED) is 0.710. The molecule has 1 aromatic carbocycles. The number of nitrogens with zero attached hydrogens (tertiary/aromatic N) is 2. The van der Waals surface area contributed by atoms with Crippen molar-refractivity contribution < 1.29 is 17.6 Å². The van der Waals surface area contributed by atoms with Crippen molar-refractivity contribution in [1.29, 1.82) is 0 Å². The molecule has 1 aliphatic carbocycles. The van der Waals surface area contributed by atoms with Gasteiger partial charge in [0.15, 0.2) is 0 Å². The predicted octanol–water partition coefficient (Wildman–Crippen LogP) is 3.52. The molecular weight excluding hydrogens is 391 g/mol. The molecule has 0 N–H and O–H groups in total. The fourth-order valence-corrected chi connectivity index (χ4v) is 4.20. The number of amides is 1. The monoisotopic (exact) mass is 418 g/mol. The third-order valence-corrected chi connectivity index (χ3v) is 7.31. The molecule has 0 aromatic heterocycles. The third-order valence-electron chi connectivity index (χ3n) is 5.70. The van der Waals surface area contributed by atoms with E-state index in [2.05, 4.69) is 13.8 Å². The molecule has 1 fully saturated rings. The summed E-state index contributed by atoms with van der Waals surface area (Å²) in [4.78, 5) is 14.7. The molecule has 27 heavy (non-hydrogen) atoms. The van der Waals surface area contributed by atoms with Crippen LogP contribution in [0.1, 0.15) is 38.7 Å². The molecule has 0 aliphatic heterocycles. The fraction of sp³-hybridized carbons (Fsp3) is 0.632. The molecule has 0 bridgehead atoms. The average Bonchev–Trinajstić information content (AvgIpc) is 2.56. The number of carbonyl (C=O) groups excluding carboxylic acids is 1. The average molecular weight is 419 g/mol. The van der Waals surface area contributed by atoms with Crippen LogP contribution in [-0.4, -0.2) is 49.4 Å². The molecular formula is C19H28ClFN2O3S. The van der Waals surface area contributed by atoms with Gasteiger partial charge in [-0.25, -0.2) is 12.8 Å². The van der Waals surface area contributed by atoms with E-state index in [9.17, 15) is 17.6 Å². The zero-order chi connectivity index (χ0) is 20.4. The van der Waals surface area contributed by atoms with Gasteiger partial charge in [0.05, 0.1) is 19.3 Å². The summed E-state index contributed by atoms with van der Waals surface area (Å²) < 4.78 is 38.8. The second-order valence-corrected chi connectivity index (χ2v) is 10.1. The maximum absolute atomic E-state index is 14.3. The predicted molar refractivity (Wildman–Crippen MR) is 105 cm³/mol. The van der Waals surface area contributed by atoms with E-state index in [4.69, 9.17) is 11.6 Å². The second kappa shape index (κ2) is 8.88. The Morgan fingerprint density at radius 3 is 2.56 bits per heavy atom. The lowest BCUT2D eigenvalue weighted by atomic mass is 9.77. The van der Waals surface area contributed by atoms with E-state index in [1.54, 1.807) is 11.0 Å². The number of rotatable bonds is 6. The lowest BCUT2D eigenvalue weighted by Crippen LogP contribution is -2.50. The van der Waals surface area contributed by atoms with E-state index >= 15 is 0 Å². The molecule has 0 spiro atoms.